The maximum absolute atomic E-state index is 14.2. The van der Waals surface area contributed by atoms with Gasteiger partial charge in [-0.2, -0.15) is 0 Å². The van der Waals surface area contributed by atoms with Crippen LogP contribution < -0.4 is 5.56 Å². The second-order valence-electron chi connectivity index (χ2n) is 4.86. The molecule has 4 aromatic heterocycles. The molecule has 0 unspecified atom stereocenters. The number of halogens is 2. The van der Waals surface area contributed by atoms with Crippen LogP contribution in [0.2, 0.25) is 4.34 Å². The number of thiazole rings is 1. The van der Waals surface area contributed by atoms with Crippen LogP contribution in [0, 0.1) is 12.7 Å². The first-order valence-electron chi connectivity index (χ1n) is 6.35. The Morgan fingerprint density at radius 2 is 2.05 bits per heavy atom. The average Bonchev–Trinajstić information content (AvgIpc) is 3.00. The topological polar surface area (TPSA) is 51.7 Å². The number of imidazole rings is 1. The van der Waals surface area contributed by atoms with E-state index in [4.69, 9.17) is 11.6 Å². The molecule has 0 aliphatic rings. The zero-order valence-corrected chi connectivity index (χ0v) is 12.8. The lowest BCUT2D eigenvalue weighted by atomic mass is 10.2. The molecule has 0 fully saturated rings. The van der Waals surface area contributed by atoms with Crippen LogP contribution in [-0.2, 0) is 0 Å². The Kier molecular flexibility index (Phi) is 2.82. The zero-order chi connectivity index (χ0) is 15.4. The van der Waals surface area contributed by atoms with Crippen LogP contribution in [0.1, 0.15) is 5.69 Å². The summed E-state index contributed by atoms with van der Waals surface area (Å²) >= 11 is 7.10. The van der Waals surface area contributed by atoms with Gasteiger partial charge in [0.1, 0.15) is 4.34 Å². The van der Waals surface area contributed by atoms with Crippen molar-refractivity contribution in [3.63, 3.8) is 0 Å². The van der Waals surface area contributed by atoms with E-state index in [0.29, 0.717) is 26.2 Å². The van der Waals surface area contributed by atoms with E-state index < -0.39 is 5.82 Å². The van der Waals surface area contributed by atoms with E-state index in [2.05, 4.69) is 9.97 Å². The Bertz CT molecular complexity index is 1100. The van der Waals surface area contributed by atoms with Gasteiger partial charge in [-0.05, 0) is 13.0 Å². The highest BCUT2D eigenvalue weighted by molar-refractivity contribution is 7.20. The molecule has 4 rings (SSSR count). The minimum atomic E-state index is -0.461. The predicted molar refractivity (Wildman–Crippen MR) is 83.2 cm³/mol. The minimum Gasteiger partial charge on any atom is -0.304 e. The lowest BCUT2D eigenvalue weighted by Gasteiger charge is -2.03. The van der Waals surface area contributed by atoms with Crippen molar-refractivity contribution in [2.24, 2.45) is 0 Å². The second kappa shape index (κ2) is 4.62. The van der Waals surface area contributed by atoms with Gasteiger partial charge < -0.3 is 4.40 Å². The van der Waals surface area contributed by atoms with Crippen LogP contribution in [0.5, 0.6) is 0 Å². The van der Waals surface area contributed by atoms with Crippen LogP contribution in [0.25, 0.3) is 21.9 Å². The molecule has 22 heavy (non-hydrogen) atoms. The quantitative estimate of drug-likeness (QED) is 0.537. The molecule has 0 spiro atoms. The molecule has 5 nitrogen and oxygen atoms in total. The Morgan fingerprint density at radius 1 is 1.23 bits per heavy atom. The lowest BCUT2D eigenvalue weighted by molar-refractivity contribution is 0.630. The summed E-state index contributed by atoms with van der Waals surface area (Å²) in [5.74, 6) is -0.461. The van der Waals surface area contributed by atoms with Crippen LogP contribution >= 0.6 is 22.9 Å². The number of hydrogen-bond donors (Lipinski definition) is 0. The standard InChI is InChI=1S/C14H8ClFN4OS/c1-7-4-19-5-8(2-9(16)13(19)17-7)10-3-12(21)20-6-11(15)22-14(20)18-10/h2-6H,1H3. The zero-order valence-electron chi connectivity index (χ0n) is 11.2. The molecule has 0 amide bonds. The maximum atomic E-state index is 14.2. The van der Waals surface area contributed by atoms with Crippen molar-refractivity contribution in [2.45, 2.75) is 6.92 Å². The van der Waals surface area contributed by atoms with Crippen molar-refractivity contribution in [1.82, 2.24) is 18.8 Å². The summed E-state index contributed by atoms with van der Waals surface area (Å²) < 4.78 is 17.6. The van der Waals surface area contributed by atoms with Gasteiger partial charge in [-0.25, -0.2) is 14.4 Å². The van der Waals surface area contributed by atoms with Gasteiger partial charge in [0.15, 0.2) is 16.4 Å². The van der Waals surface area contributed by atoms with Crippen LogP contribution in [0.15, 0.2) is 35.5 Å². The largest absolute Gasteiger partial charge is 0.304 e. The molecule has 0 aromatic carbocycles. The molecule has 0 atom stereocenters. The van der Waals surface area contributed by atoms with Gasteiger partial charge >= 0.3 is 0 Å². The van der Waals surface area contributed by atoms with Gasteiger partial charge in [-0.1, -0.05) is 22.9 Å². The third-order valence-electron chi connectivity index (χ3n) is 3.26. The van der Waals surface area contributed by atoms with Gasteiger partial charge in [-0.3, -0.25) is 9.20 Å². The SMILES string of the molecule is Cc1cn2cc(-c3cc(=O)n4cc(Cl)sc4n3)cc(F)c2n1. The lowest BCUT2D eigenvalue weighted by Crippen LogP contribution is -2.11. The molecule has 4 heterocycles. The van der Waals surface area contributed by atoms with Crippen molar-refractivity contribution >= 4 is 33.5 Å². The summed E-state index contributed by atoms with van der Waals surface area (Å²) in [6, 6.07) is 2.69. The fourth-order valence-electron chi connectivity index (χ4n) is 2.34. The molecule has 8 heteroatoms. The first-order chi connectivity index (χ1) is 10.5. The molecule has 0 aliphatic carbocycles. The molecule has 4 aromatic rings. The Labute approximate surface area is 132 Å². The van der Waals surface area contributed by atoms with Gasteiger partial charge in [0.05, 0.1) is 11.4 Å². The second-order valence-corrected chi connectivity index (χ2v) is 6.50. The summed E-state index contributed by atoms with van der Waals surface area (Å²) in [7, 11) is 0. The molecule has 0 saturated heterocycles. The minimum absolute atomic E-state index is 0.248. The Hall–Kier alpha value is -2.25. The normalized spacial score (nSPS) is 11.6. The third kappa shape index (κ3) is 2.01. The van der Waals surface area contributed by atoms with Crippen molar-refractivity contribution in [3.05, 3.63) is 56.9 Å². The molecular formula is C14H8ClFN4OS. The van der Waals surface area contributed by atoms with Crippen molar-refractivity contribution in [3.8, 4) is 11.3 Å². The Balaban J connectivity index is 1.99. The molecule has 0 bridgehead atoms. The number of rotatable bonds is 1. The van der Waals surface area contributed by atoms with Crippen LogP contribution in [0.3, 0.4) is 0 Å². The van der Waals surface area contributed by atoms with E-state index in [0.717, 1.165) is 0 Å². The van der Waals surface area contributed by atoms with E-state index in [1.54, 1.807) is 23.7 Å². The van der Waals surface area contributed by atoms with E-state index >= 15 is 0 Å². The van der Waals surface area contributed by atoms with E-state index in [1.165, 1.54) is 34.1 Å². The highest BCUT2D eigenvalue weighted by Gasteiger charge is 2.12. The van der Waals surface area contributed by atoms with Gasteiger partial charge in [0, 0.05) is 30.2 Å². The van der Waals surface area contributed by atoms with E-state index in [9.17, 15) is 9.18 Å². The number of fused-ring (bicyclic) bond motifs is 2. The van der Waals surface area contributed by atoms with Gasteiger partial charge in [-0.15, -0.1) is 0 Å². The summed E-state index contributed by atoms with van der Waals surface area (Å²) in [5, 5.41) is 0. The molecule has 0 N–H and O–H groups in total. The highest BCUT2D eigenvalue weighted by atomic mass is 35.5. The smallest absolute Gasteiger partial charge is 0.259 e. The summed E-state index contributed by atoms with van der Waals surface area (Å²) in [6.07, 6.45) is 4.94. The number of aryl methyl sites for hydroxylation is 1. The molecule has 0 aliphatic heterocycles. The molecule has 0 saturated carbocycles. The number of nitrogens with zero attached hydrogens (tertiary/aromatic N) is 4. The number of pyridine rings is 1. The molecule has 0 radical (unpaired) electrons. The maximum Gasteiger partial charge on any atom is 0.259 e. The number of hydrogen-bond acceptors (Lipinski definition) is 4. The van der Waals surface area contributed by atoms with Crippen LogP contribution in [0.4, 0.5) is 4.39 Å². The fourth-order valence-corrected chi connectivity index (χ4v) is 3.37. The highest BCUT2D eigenvalue weighted by Crippen LogP contribution is 2.24. The third-order valence-corrected chi connectivity index (χ3v) is 4.36. The first kappa shape index (κ1) is 13.4. The van der Waals surface area contributed by atoms with Crippen molar-refractivity contribution in [2.75, 3.05) is 0 Å². The van der Waals surface area contributed by atoms with Crippen molar-refractivity contribution < 1.29 is 4.39 Å². The van der Waals surface area contributed by atoms with E-state index in [1.807, 2.05) is 0 Å². The predicted octanol–water partition coefficient (Wildman–Crippen LogP) is 3.17. The monoisotopic (exact) mass is 334 g/mol. The summed E-state index contributed by atoms with van der Waals surface area (Å²) in [6.45, 7) is 1.79. The average molecular weight is 335 g/mol. The van der Waals surface area contributed by atoms with E-state index in [-0.39, 0.29) is 11.2 Å². The molecular weight excluding hydrogens is 327 g/mol. The van der Waals surface area contributed by atoms with Crippen LogP contribution in [-0.4, -0.2) is 18.8 Å². The summed E-state index contributed by atoms with van der Waals surface area (Å²) in [5.41, 5.74) is 1.61. The van der Waals surface area contributed by atoms with Gasteiger partial charge in [0.2, 0.25) is 0 Å². The number of aromatic nitrogens is 4. The fraction of sp³-hybridized carbons (Fsp3) is 0.0714. The molecule has 110 valence electrons. The summed E-state index contributed by atoms with van der Waals surface area (Å²) in [4.78, 5) is 21.0. The first-order valence-corrected chi connectivity index (χ1v) is 7.55. The van der Waals surface area contributed by atoms with Gasteiger partial charge in [0.25, 0.3) is 5.56 Å². The van der Waals surface area contributed by atoms with Crippen molar-refractivity contribution in [1.29, 1.82) is 0 Å². The Morgan fingerprint density at radius 3 is 2.86 bits per heavy atom.